The van der Waals surface area contributed by atoms with Crippen LogP contribution in [0.15, 0.2) is 30.3 Å². The molecule has 20 heavy (non-hydrogen) atoms. The number of hydrogen-bond acceptors (Lipinski definition) is 3. The van der Waals surface area contributed by atoms with Gasteiger partial charge in [0.2, 0.25) is 0 Å². The number of benzene rings is 1. The van der Waals surface area contributed by atoms with Crippen molar-refractivity contribution in [1.29, 1.82) is 0 Å². The lowest BCUT2D eigenvalue weighted by atomic mass is 10.1. The zero-order valence-corrected chi connectivity index (χ0v) is 12.4. The number of sulfone groups is 1. The Balaban J connectivity index is 2.16. The lowest BCUT2D eigenvalue weighted by molar-refractivity contribution is -0.137. The highest BCUT2D eigenvalue weighted by Gasteiger charge is 2.10. The molecule has 0 atom stereocenters. The third-order valence-corrected chi connectivity index (χ3v) is 4.93. The van der Waals surface area contributed by atoms with Crippen molar-refractivity contribution in [3.8, 4) is 0 Å². The van der Waals surface area contributed by atoms with Gasteiger partial charge in [0, 0.05) is 6.42 Å². The summed E-state index contributed by atoms with van der Waals surface area (Å²) in [5, 5.41) is 8.48. The van der Waals surface area contributed by atoms with Crippen molar-refractivity contribution in [3.63, 3.8) is 0 Å². The van der Waals surface area contributed by atoms with Crippen LogP contribution in [0.3, 0.4) is 0 Å². The van der Waals surface area contributed by atoms with Gasteiger partial charge in [-0.15, -0.1) is 0 Å². The Morgan fingerprint density at radius 2 is 1.60 bits per heavy atom. The molecule has 1 aromatic carbocycles. The molecule has 5 heteroatoms. The van der Waals surface area contributed by atoms with Crippen molar-refractivity contribution in [2.24, 2.45) is 0 Å². The Kier molecular flexibility index (Phi) is 7.30. The minimum Gasteiger partial charge on any atom is -0.481 e. The van der Waals surface area contributed by atoms with Crippen LogP contribution in [0.1, 0.15) is 37.7 Å². The average molecular weight is 298 g/mol. The number of carboxylic acid groups (broad SMARTS) is 1. The van der Waals surface area contributed by atoms with E-state index in [2.05, 4.69) is 0 Å². The minimum atomic E-state index is -3.00. The molecule has 0 amide bonds. The van der Waals surface area contributed by atoms with Crippen molar-refractivity contribution in [3.05, 3.63) is 35.9 Å². The maximum Gasteiger partial charge on any atom is 0.303 e. The first-order valence-corrected chi connectivity index (χ1v) is 8.78. The zero-order valence-electron chi connectivity index (χ0n) is 11.6. The molecule has 0 aliphatic rings. The molecule has 0 saturated carbocycles. The van der Waals surface area contributed by atoms with Crippen LogP contribution in [0.2, 0.25) is 0 Å². The molecule has 0 heterocycles. The highest BCUT2D eigenvalue weighted by atomic mass is 32.2. The average Bonchev–Trinajstić information content (AvgIpc) is 2.39. The van der Waals surface area contributed by atoms with E-state index in [0.29, 0.717) is 25.7 Å². The van der Waals surface area contributed by atoms with E-state index in [1.807, 2.05) is 30.3 Å². The summed E-state index contributed by atoms with van der Waals surface area (Å²) in [5.41, 5.74) is 1.16. The molecule has 0 spiro atoms. The summed E-state index contributed by atoms with van der Waals surface area (Å²) in [5.74, 6) is -0.446. The summed E-state index contributed by atoms with van der Waals surface area (Å²) >= 11 is 0. The Hall–Kier alpha value is -1.36. The number of carboxylic acids is 1. The topological polar surface area (TPSA) is 71.4 Å². The molecular formula is C15H22O4S. The van der Waals surface area contributed by atoms with Gasteiger partial charge in [0.15, 0.2) is 0 Å². The fourth-order valence-corrected chi connectivity index (χ4v) is 3.45. The Bertz CT molecular complexity index is 494. The van der Waals surface area contributed by atoms with Crippen molar-refractivity contribution >= 4 is 15.8 Å². The van der Waals surface area contributed by atoms with E-state index < -0.39 is 15.8 Å². The fourth-order valence-electron chi connectivity index (χ4n) is 2.02. The Morgan fingerprint density at radius 3 is 2.25 bits per heavy atom. The van der Waals surface area contributed by atoms with Gasteiger partial charge >= 0.3 is 5.97 Å². The third-order valence-electron chi connectivity index (χ3n) is 3.11. The summed E-state index contributed by atoms with van der Waals surface area (Å²) in [6.07, 6.45) is 3.30. The van der Waals surface area contributed by atoms with Gasteiger partial charge in [-0.05, 0) is 31.2 Å². The molecule has 0 aromatic heterocycles. The highest BCUT2D eigenvalue weighted by molar-refractivity contribution is 7.91. The van der Waals surface area contributed by atoms with Crippen LogP contribution in [0.5, 0.6) is 0 Å². The second kappa shape index (κ2) is 8.74. The van der Waals surface area contributed by atoms with Crippen molar-refractivity contribution in [2.45, 2.75) is 38.5 Å². The molecule has 1 N–H and O–H groups in total. The maximum atomic E-state index is 11.8. The van der Waals surface area contributed by atoms with Gasteiger partial charge in [-0.25, -0.2) is 8.42 Å². The number of rotatable bonds is 10. The second-order valence-corrected chi connectivity index (χ2v) is 7.25. The summed E-state index contributed by atoms with van der Waals surface area (Å²) in [7, 11) is -3.00. The van der Waals surface area contributed by atoms with Crippen LogP contribution in [0, 0.1) is 0 Å². The number of aryl methyl sites for hydroxylation is 1. The molecule has 1 rings (SSSR count). The number of unbranched alkanes of at least 4 members (excludes halogenated alkanes) is 2. The van der Waals surface area contributed by atoms with Crippen LogP contribution in [0.25, 0.3) is 0 Å². The van der Waals surface area contributed by atoms with E-state index in [9.17, 15) is 13.2 Å². The predicted octanol–water partition coefficient (Wildman–Crippen LogP) is 2.68. The van der Waals surface area contributed by atoms with E-state index in [1.165, 1.54) is 0 Å². The molecule has 0 saturated heterocycles. The van der Waals surface area contributed by atoms with E-state index in [1.54, 1.807) is 0 Å². The van der Waals surface area contributed by atoms with E-state index in [0.717, 1.165) is 12.0 Å². The molecule has 0 bridgehead atoms. The van der Waals surface area contributed by atoms with Gasteiger partial charge in [0.25, 0.3) is 0 Å². The summed E-state index contributed by atoms with van der Waals surface area (Å²) < 4.78 is 23.6. The van der Waals surface area contributed by atoms with E-state index in [4.69, 9.17) is 5.11 Å². The lowest BCUT2D eigenvalue weighted by Crippen LogP contribution is -2.12. The first-order valence-electron chi connectivity index (χ1n) is 6.96. The fraction of sp³-hybridized carbons (Fsp3) is 0.533. The van der Waals surface area contributed by atoms with Crippen LogP contribution in [-0.4, -0.2) is 31.0 Å². The Labute approximate surface area is 120 Å². The van der Waals surface area contributed by atoms with Crippen LogP contribution >= 0.6 is 0 Å². The third kappa shape index (κ3) is 7.94. The number of carbonyl (C=O) groups is 1. The standard InChI is InChI=1S/C15H22O4S/c16-15(17)11-5-2-6-12-20(18,19)13-7-10-14-8-3-1-4-9-14/h1,3-4,8-9H,2,5-7,10-13H2,(H,16,17). The second-order valence-electron chi connectivity index (χ2n) is 4.95. The minimum absolute atomic E-state index is 0.119. The first kappa shape index (κ1) is 16.7. The molecular weight excluding hydrogens is 276 g/mol. The summed E-state index contributed by atoms with van der Waals surface area (Å²) in [6, 6.07) is 9.84. The quantitative estimate of drug-likeness (QED) is 0.674. The summed E-state index contributed by atoms with van der Waals surface area (Å²) in [4.78, 5) is 10.3. The maximum absolute atomic E-state index is 11.8. The zero-order chi connectivity index (χ0) is 14.8. The van der Waals surface area contributed by atoms with Crippen LogP contribution < -0.4 is 0 Å². The molecule has 0 aliphatic carbocycles. The van der Waals surface area contributed by atoms with Crippen molar-refractivity contribution in [2.75, 3.05) is 11.5 Å². The van der Waals surface area contributed by atoms with E-state index >= 15 is 0 Å². The monoisotopic (exact) mass is 298 g/mol. The van der Waals surface area contributed by atoms with Crippen molar-refractivity contribution < 1.29 is 18.3 Å². The van der Waals surface area contributed by atoms with Gasteiger partial charge in [-0.2, -0.15) is 0 Å². The van der Waals surface area contributed by atoms with Gasteiger partial charge in [0.1, 0.15) is 9.84 Å². The Morgan fingerprint density at radius 1 is 0.950 bits per heavy atom. The first-order chi connectivity index (χ1) is 9.49. The summed E-state index contributed by atoms with van der Waals surface area (Å²) in [6.45, 7) is 0. The number of aliphatic carboxylic acids is 1. The van der Waals surface area contributed by atoms with Gasteiger partial charge < -0.3 is 5.11 Å². The SMILES string of the molecule is O=C(O)CCCCCS(=O)(=O)CCCc1ccccc1. The van der Waals surface area contributed by atoms with Crippen LogP contribution in [0.4, 0.5) is 0 Å². The molecule has 4 nitrogen and oxygen atoms in total. The largest absolute Gasteiger partial charge is 0.481 e. The van der Waals surface area contributed by atoms with Gasteiger partial charge in [-0.3, -0.25) is 4.79 Å². The van der Waals surface area contributed by atoms with Gasteiger partial charge in [0.05, 0.1) is 11.5 Å². The normalized spacial score (nSPS) is 11.4. The molecule has 0 fully saturated rings. The molecule has 0 aliphatic heterocycles. The molecule has 112 valence electrons. The van der Waals surface area contributed by atoms with E-state index in [-0.39, 0.29) is 17.9 Å². The van der Waals surface area contributed by atoms with Crippen molar-refractivity contribution in [1.82, 2.24) is 0 Å². The highest BCUT2D eigenvalue weighted by Crippen LogP contribution is 2.07. The molecule has 0 unspecified atom stereocenters. The number of hydrogen-bond donors (Lipinski definition) is 1. The smallest absolute Gasteiger partial charge is 0.303 e. The predicted molar refractivity (Wildman–Crippen MR) is 79.5 cm³/mol. The van der Waals surface area contributed by atoms with Gasteiger partial charge in [-0.1, -0.05) is 36.8 Å². The lowest BCUT2D eigenvalue weighted by Gasteiger charge is -2.04. The van der Waals surface area contributed by atoms with Crippen LogP contribution in [-0.2, 0) is 21.1 Å². The molecule has 0 radical (unpaired) electrons. The molecule has 1 aromatic rings.